The standard InChI is InChI=1S/C25H25F6N3O3/c26-24(27,28)8-13-5-17(6-13)37-12-21(35)33-20-11-23(9-15(20)10-23)34-22(36)19-3-1-14-7-16(25(29,30)31)2-4-18(14)32-19/h1-4,7,13,15,17,20H,5-6,8-12H2,(H,33,35)(H,34,36)/t13?,15?,17?,20-,23?/m0/s1. The molecule has 1 atom stereocenters. The van der Waals surface area contributed by atoms with Crippen LogP contribution in [0.5, 0.6) is 0 Å². The minimum absolute atomic E-state index is 0.0929. The molecule has 200 valence electrons. The van der Waals surface area contributed by atoms with Crippen molar-refractivity contribution in [1.29, 1.82) is 0 Å². The third-order valence-electron chi connectivity index (χ3n) is 7.62. The van der Waals surface area contributed by atoms with Gasteiger partial charge in [0.05, 0.1) is 17.2 Å². The lowest BCUT2D eigenvalue weighted by molar-refractivity contribution is -0.163. The zero-order chi connectivity index (χ0) is 26.6. The van der Waals surface area contributed by atoms with E-state index in [1.54, 1.807) is 0 Å². The van der Waals surface area contributed by atoms with E-state index in [1.807, 2.05) is 0 Å². The van der Waals surface area contributed by atoms with E-state index in [4.69, 9.17) is 4.74 Å². The van der Waals surface area contributed by atoms with Gasteiger partial charge in [0, 0.05) is 23.4 Å². The first kappa shape index (κ1) is 25.7. The van der Waals surface area contributed by atoms with Crippen LogP contribution in [0.1, 0.15) is 54.6 Å². The van der Waals surface area contributed by atoms with Crippen LogP contribution >= 0.6 is 0 Å². The summed E-state index contributed by atoms with van der Waals surface area (Å²) in [5.74, 6) is -1.04. The fourth-order valence-corrected chi connectivity index (χ4v) is 5.78. The Kier molecular flexibility index (Phi) is 6.36. The first-order valence-electron chi connectivity index (χ1n) is 12.1. The summed E-state index contributed by atoms with van der Waals surface area (Å²) < 4.78 is 81.3. The second kappa shape index (κ2) is 9.14. The van der Waals surface area contributed by atoms with E-state index in [0.717, 1.165) is 12.1 Å². The number of carbonyl (C=O) groups is 2. The predicted octanol–water partition coefficient (Wildman–Crippen LogP) is 4.77. The Morgan fingerprint density at radius 3 is 2.43 bits per heavy atom. The highest BCUT2D eigenvalue weighted by Gasteiger charge is 2.57. The van der Waals surface area contributed by atoms with Gasteiger partial charge in [0.25, 0.3) is 5.91 Å². The Balaban J connectivity index is 1.09. The number of halogens is 6. The van der Waals surface area contributed by atoms with Crippen LogP contribution in [-0.4, -0.2) is 47.3 Å². The highest BCUT2D eigenvalue weighted by atomic mass is 19.4. The van der Waals surface area contributed by atoms with Crippen LogP contribution in [0.2, 0.25) is 0 Å². The molecular weight excluding hydrogens is 504 g/mol. The SMILES string of the molecule is O=C(COC1CC(CC(F)(F)F)C1)N[C@H]1CC2(NC(=O)c3ccc4cc(C(F)(F)F)ccc4n3)CC1C2. The number of aromatic nitrogens is 1. The molecule has 4 aliphatic carbocycles. The normalized spacial score (nSPS) is 28.9. The minimum atomic E-state index is -4.47. The lowest BCUT2D eigenvalue weighted by atomic mass is 9.76. The van der Waals surface area contributed by atoms with Gasteiger partial charge in [-0.2, -0.15) is 26.3 Å². The van der Waals surface area contributed by atoms with Crippen LogP contribution in [0.15, 0.2) is 30.3 Å². The molecule has 0 spiro atoms. The van der Waals surface area contributed by atoms with Crippen LogP contribution in [0.25, 0.3) is 10.9 Å². The van der Waals surface area contributed by atoms with Crippen molar-refractivity contribution in [2.24, 2.45) is 11.8 Å². The molecule has 2 N–H and O–H groups in total. The monoisotopic (exact) mass is 529 g/mol. The van der Waals surface area contributed by atoms with Gasteiger partial charge >= 0.3 is 12.4 Å². The van der Waals surface area contributed by atoms with E-state index in [-0.39, 0.29) is 47.2 Å². The van der Waals surface area contributed by atoms with E-state index >= 15 is 0 Å². The van der Waals surface area contributed by atoms with E-state index in [2.05, 4.69) is 15.6 Å². The number of amides is 2. The Hall–Kier alpha value is -2.89. The average molecular weight is 529 g/mol. The Labute approximate surface area is 208 Å². The van der Waals surface area contributed by atoms with Crippen LogP contribution in [0.3, 0.4) is 0 Å². The zero-order valence-electron chi connectivity index (χ0n) is 19.6. The largest absolute Gasteiger partial charge is 0.416 e. The molecule has 2 aromatic rings. The number of benzene rings is 1. The number of alkyl halides is 6. The molecular formula is C25H25F6N3O3. The Bertz CT molecular complexity index is 1200. The average Bonchev–Trinajstić information content (AvgIpc) is 3.26. The summed E-state index contributed by atoms with van der Waals surface area (Å²) in [7, 11) is 0. The van der Waals surface area contributed by atoms with Gasteiger partial charge in [0.15, 0.2) is 0 Å². The van der Waals surface area contributed by atoms with Crippen molar-refractivity contribution >= 4 is 22.7 Å². The van der Waals surface area contributed by atoms with Crippen molar-refractivity contribution in [3.8, 4) is 0 Å². The van der Waals surface area contributed by atoms with Crippen molar-refractivity contribution in [3.63, 3.8) is 0 Å². The molecule has 1 heterocycles. The molecule has 6 rings (SSSR count). The van der Waals surface area contributed by atoms with E-state index < -0.39 is 41.7 Å². The molecule has 1 aromatic carbocycles. The van der Waals surface area contributed by atoms with Gasteiger partial charge in [0.1, 0.15) is 12.3 Å². The molecule has 1 aromatic heterocycles. The molecule has 4 aliphatic rings. The molecule has 6 nitrogen and oxygen atoms in total. The predicted molar refractivity (Wildman–Crippen MR) is 119 cm³/mol. The number of hydrogen-bond donors (Lipinski definition) is 2. The maximum Gasteiger partial charge on any atom is 0.416 e. The van der Waals surface area contributed by atoms with Crippen LogP contribution in [-0.2, 0) is 15.7 Å². The van der Waals surface area contributed by atoms with Gasteiger partial charge in [-0.3, -0.25) is 9.59 Å². The summed E-state index contributed by atoms with van der Waals surface area (Å²) in [6.07, 6.45) is -7.37. The number of carbonyl (C=O) groups excluding carboxylic acids is 2. The van der Waals surface area contributed by atoms with Crippen LogP contribution in [0.4, 0.5) is 26.3 Å². The Morgan fingerprint density at radius 1 is 1.03 bits per heavy atom. The number of pyridine rings is 1. The number of fused-ring (bicyclic) bond motifs is 2. The molecule has 37 heavy (non-hydrogen) atoms. The van der Waals surface area contributed by atoms with Gasteiger partial charge in [-0.05, 0) is 68.2 Å². The van der Waals surface area contributed by atoms with Gasteiger partial charge in [0.2, 0.25) is 5.91 Å². The number of rotatable bonds is 7. The molecule has 0 aliphatic heterocycles. The Morgan fingerprint density at radius 2 is 1.76 bits per heavy atom. The first-order chi connectivity index (χ1) is 17.3. The summed E-state index contributed by atoms with van der Waals surface area (Å²) >= 11 is 0. The van der Waals surface area contributed by atoms with Gasteiger partial charge in [-0.1, -0.05) is 6.07 Å². The number of hydrogen-bond acceptors (Lipinski definition) is 4. The van der Waals surface area contributed by atoms with Crippen molar-refractivity contribution in [2.75, 3.05) is 6.61 Å². The van der Waals surface area contributed by atoms with Gasteiger partial charge < -0.3 is 15.4 Å². The maximum atomic E-state index is 12.9. The molecule has 2 bridgehead atoms. The topological polar surface area (TPSA) is 80.3 Å². The highest BCUT2D eigenvalue weighted by Crippen LogP contribution is 2.52. The molecule has 0 radical (unpaired) electrons. The lowest BCUT2D eigenvalue weighted by Gasteiger charge is -2.39. The molecule has 4 saturated carbocycles. The molecule has 0 unspecified atom stereocenters. The molecule has 0 saturated heterocycles. The summed E-state index contributed by atoms with van der Waals surface area (Å²) in [5, 5.41) is 6.15. The van der Waals surface area contributed by atoms with Crippen LogP contribution in [0, 0.1) is 11.8 Å². The fourth-order valence-electron chi connectivity index (χ4n) is 5.78. The van der Waals surface area contributed by atoms with Crippen molar-refractivity contribution in [2.45, 2.75) is 68.6 Å². The third kappa shape index (κ3) is 5.68. The summed E-state index contributed by atoms with van der Waals surface area (Å²) in [6, 6.07) is 5.80. The van der Waals surface area contributed by atoms with Crippen molar-refractivity contribution in [3.05, 3.63) is 41.6 Å². The summed E-state index contributed by atoms with van der Waals surface area (Å²) in [4.78, 5) is 29.3. The third-order valence-corrected chi connectivity index (χ3v) is 7.62. The number of nitrogens with one attached hydrogen (secondary N) is 2. The molecule has 4 fully saturated rings. The first-order valence-corrected chi connectivity index (χ1v) is 12.1. The van der Waals surface area contributed by atoms with Gasteiger partial charge in [-0.25, -0.2) is 4.98 Å². The summed E-state index contributed by atoms with van der Waals surface area (Å²) in [6.45, 7) is -0.219. The lowest BCUT2D eigenvalue weighted by Crippen LogP contribution is -2.52. The van der Waals surface area contributed by atoms with Gasteiger partial charge in [-0.15, -0.1) is 0 Å². The quantitative estimate of drug-likeness (QED) is 0.507. The number of ether oxygens (including phenoxy) is 1. The second-order valence-electron chi connectivity index (χ2n) is 10.5. The van der Waals surface area contributed by atoms with E-state index in [0.29, 0.717) is 32.1 Å². The zero-order valence-corrected chi connectivity index (χ0v) is 19.6. The summed E-state index contributed by atoms with van der Waals surface area (Å²) in [5.41, 5.74) is -0.912. The van der Waals surface area contributed by atoms with E-state index in [1.165, 1.54) is 18.2 Å². The molecule has 2 amide bonds. The minimum Gasteiger partial charge on any atom is -0.368 e. The smallest absolute Gasteiger partial charge is 0.368 e. The highest BCUT2D eigenvalue weighted by molar-refractivity contribution is 5.95. The second-order valence-corrected chi connectivity index (χ2v) is 10.5. The van der Waals surface area contributed by atoms with E-state index in [9.17, 15) is 35.9 Å². The molecule has 12 heteroatoms. The van der Waals surface area contributed by atoms with Crippen molar-refractivity contribution < 1.29 is 40.7 Å². The number of nitrogens with zero attached hydrogens (tertiary/aromatic N) is 1. The van der Waals surface area contributed by atoms with Crippen molar-refractivity contribution in [1.82, 2.24) is 15.6 Å². The fraction of sp³-hybridized carbons (Fsp3) is 0.560. The maximum absolute atomic E-state index is 12.9. The van der Waals surface area contributed by atoms with Crippen LogP contribution < -0.4 is 10.6 Å².